The maximum Gasteiger partial charge on any atom is 0.244 e. The highest BCUT2D eigenvalue weighted by molar-refractivity contribution is 5.76. The second kappa shape index (κ2) is 5.40. The van der Waals surface area contributed by atoms with E-state index in [2.05, 4.69) is 46.7 Å². The minimum Gasteiger partial charge on any atom is -0.334 e. The molecule has 0 unspecified atom stereocenters. The van der Waals surface area contributed by atoms with Crippen LogP contribution in [0.5, 0.6) is 0 Å². The summed E-state index contributed by atoms with van der Waals surface area (Å²) in [6, 6.07) is 8.68. The van der Waals surface area contributed by atoms with Gasteiger partial charge in [0.15, 0.2) is 0 Å². The number of carbonyl (C=O) groups is 1. The van der Waals surface area contributed by atoms with Crippen molar-refractivity contribution in [1.29, 1.82) is 0 Å². The van der Waals surface area contributed by atoms with E-state index in [1.54, 1.807) is 0 Å². The van der Waals surface area contributed by atoms with E-state index in [4.69, 9.17) is 0 Å². The molecule has 1 amide bonds. The minimum absolute atomic E-state index is 0.0698. The van der Waals surface area contributed by atoms with Crippen molar-refractivity contribution in [3.63, 3.8) is 0 Å². The molecule has 0 bridgehead atoms. The molecule has 3 rings (SSSR count). The van der Waals surface area contributed by atoms with Crippen LogP contribution in [0.4, 0.5) is 0 Å². The van der Waals surface area contributed by atoms with E-state index < -0.39 is 0 Å². The number of nitrogens with zero attached hydrogens (tertiary/aromatic N) is 5. The molecule has 1 aliphatic rings. The third-order valence-corrected chi connectivity index (χ3v) is 3.47. The smallest absolute Gasteiger partial charge is 0.244 e. The zero-order valence-electron chi connectivity index (χ0n) is 11.4. The molecule has 1 fully saturated rings. The number of rotatable bonds is 5. The molecular formula is C14H17N5O. The predicted molar refractivity (Wildman–Crippen MR) is 72.6 cm³/mol. The Kier molecular flexibility index (Phi) is 3.45. The molecule has 1 heterocycles. The van der Waals surface area contributed by atoms with Gasteiger partial charge >= 0.3 is 0 Å². The fourth-order valence-electron chi connectivity index (χ4n) is 2.18. The number of benzene rings is 1. The van der Waals surface area contributed by atoms with Crippen LogP contribution >= 0.6 is 0 Å². The van der Waals surface area contributed by atoms with Crippen LogP contribution in [0, 0.1) is 6.92 Å². The first-order valence-electron chi connectivity index (χ1n) is 6.78. The Morgan fingerprint density at radius 1 is 1.35 bits per heavy atom. The zero-order chi connectivity index (χ0) is 13.9. The zero-order valence-corrected chi connectivity index (χ0v) is 11.4. The third kappa shape index (κ3) is 3.01. The van der Waals surface area contributed by atoms with Gasteiger partial charge in [0.25, 0.3) is 0 Å². The van der Waals surface area contributed by atoms with Crippen LogP contribution in [-0.4, -0.2) is 37.1 Å². The average molecular weight is 271 g/mol. The SMILES string of the molecule is Cc1ccc(CN(C(=O)Cn2cnnn2)C2CC2)cc1. The van der Waals surface area contributed by atoms with Crippen LogP contribution in [0.1, 0.15) is 24.0 Å². The summed E-state index contributed by atoms with van der Waals surface area (Å²) >= 11 is 0. The Balaban J connectivity index is 1.69. The molecule has 0 radical (unpaired) electrons. The minimum atomic E-state index is 0.0698. The third-order valence-electron chi connectivity index (χ3n) is 3.47. The molecule has 0 N–H and O–H groups in total. The van der Waals surface area contributed by atoms with Crippen molar-refractivity contribution in [2.75, 3.05) is 0 Å². The maximum absolute atomic E-state index is 12.4. The summed E-state index contributed by atoms with van der Waals surface area (Å²) < 4.78 is 1.47. The van der Waals surface area contributed by atoms with Gasteiger partial charge in [-0.3, -0.25) is 4.79 Å². The lowest BCUT2D eigenvalue weighted by atomic mass is 10.1. The molecule has 20 heavy (non-hydrogen) atoms. The quantitative estimate of drug-likeness (QED) is 0.819. The van der Waals surface area contributed by atoms with Crippen LogP contribution in [-0.2, 0) is 17.9 Å². The second-order valence-electron chi connectivity index (χ2n) is 5.25. The van der Waals surface area contributed by atoms with Crippen molar-refractivity contribution >= 4 is 5.91 Å². The topological polar surface area (TPSA) is 63.9 Å². The molecule has 6 nitrogen and oxygen atoms in total. The Labute approximate surface area is 117 Å². The molecule has 1 aromatic carbocycles. The van der Waals surface area contributed by atoms with Gasteiger partial charge in [-0.1, -0.05) is 29.8 Å². The molecule has 1 saturated carbocycles. The summed E-state index contributed by atoms with van der Waals surface area (Å²) in [6.07, 6.45) is 3.65. The van der Waals surface area contributed by atoms with E-state index >= 15 is 0 Å². The summed E-state index contributed by atoms with van der Waals surface area (Å²) in [4.78, 5) is 14.3. The van der Waals surface area contributed by atoms with Crippen molar-refractivity contribution < 1.29 is 4.79 Å². The van der Waals surface area contributed by atoms with E-state index in [0.29, 0.717) is 12.6 Å². The van der Waals surface area contributed by atoms with Crippen LogP contribution < -0.4 is 0 Å². The lowest BCUT2D eigenvalue weighted by Crippen LogP contribution is -2.35. The van der Waals surface area contributed by atoms with E-state index in [9.17, 15) is 4.79 Å². The lowest BCUT2D eigenvalue weighted by Gasteiger charge is -2.22. The number of amides is 1. The fraction of sp³-hybridized carbons (Fsp3) is 0.429. The molecule has 2 aromatic rings. The van der Waals surface area contributed by atoms with Gasteiger partial charge < -0.3 is 4.90 Å². The normalized spacial score (nSPS) is 14.2. The first-order chi connectivity index (χ1) is 9.72. The van der Waals surface area contributed by atoms with Gasteiger partial charge in [0.1, 0.15) is 12.9 Å². The van der Waals surface area contributed by atoms with E-state index in [1.165, 1.54) is 16.6 Å². The first kappa shape index (κ1) is 12.8. The summed E-state index contributed by atoms with van der Waals surface area (Å²) in [6.45, 7) is 2.92. The highest BCUT2D eigenvalue weighted by atomic mass is 16.2. The van der Waals surface area contributed by atoms with Gasteiger partial charge in [-0.15, -0.1) is 5.10 Å². The number of aromatic nitrogens is 4. The number of hydrogen-bond donors (Lipinski definition) is 0. The van der Waals surface area contributed by atoms with Crippen LogP contribution in [0.3, 0.4) is 0 Å². The van der Waals surface area contributed by atoms with Gasteiger partial charge in [-0.2, -0.15) is 0 Å². The van der Waals surface area contributed by atoms with Crippen LogP contribution in [0.15, 0.2) is 30.6 Å². The molecule has 1 aromatic heterocycles. The highest BCUT2D eigenvalue weighted by Crippen LogP contribution is 2.28. The number of carbonyl (C=O) groups excluding carboxylic acids is 1. The molecule has 6 heteroatoms. The molecule has 0 atom stereocenters. The van der Waals surface area contributed by atoms with Crippen molar-refractivity contribution in [1.82, 2.24) is 25.1 Å². The molecule has 104 valence electrons. The Morgan fingerprint density at radius 3 is 2.70 bits per heavy atom. The maximum atomic E-state index is 12.4. The summed E-state index contributed by atoms with van der Waals surface area (Å²) in [5, 5.41) is 10.8. The highest BCUT2D eigenvalue weighted by Gasteiger charge is 2.32. The van der Waals surface area contributed by atoms with Crippen LogP contribution in [0.25, 0.3) is 0 Å². The van der Waals surface area contributed by atoms with Gasteiger partial charge in [-0.25, -0.2) is 4.68 Å². The molecule has 0 saturated heterocycles. The largest absolute Gasteiger partial charge is 0.334 e. The monoisotopic (exact) mass is 271 g/mol. The average Bonchev–Trinajstić information content (AvgIpc) is 3.15. The second-order valence-corrected chi connectivity index (χ2v) is 5.25. The number of aryl methyl sites for hydroxylation is 1. The van der Waals surface area contributed by atoms with Gasteiger partial charge in [-0.05, 0) is 35.8 Å². The Morgan fingerprint density at radius 2 is 2.10 bits per heavy atom. The molecule has 0 aliphatic heterocycles. The van der Waals surface area contributed by atoms with Crippen molar-refractivity contribution in [2.24, 2.45) is 0 Å². The van der Waals surface area contributed by atoms with Gasteiger partial charge in [0.05, 0.1) is 0 Å². The van der Waals surface area contributed by atoms with Crippen molar-refractivity contribution in [3.8, 4) is 0 Å². The standard InChI is InChI=1S/C14H17N5O/c1-11-2-4-12(5-3-11)8-19(13-6-7-13)14(20)9-18-10-15-16-17-18/h2-5,10,13H,6-9H2,1H3. The van der Waals surface area contributed by atoms with E-state index in [-0.39, 0.29) is 12.5 Å². The first-order valence-corrected chi connectivity index (χ1v) is 6.78. The molecule has 0 spiro atoms. The fourth-order valence-corrected chi connectivity index (χ4v) is 2.18. The number of tetrazole rings is 1. The lowest BCUT2D eigenvalue weighted by molar-refractivity contribution is -0.133. The number of hydrogen-bond acceptors (Lipinski definition) is 4. The Bertz CT molecular complexity index is 574. The van der Waals surface area contributed by atoms with Crippen LogP contribution in [0.2, 0.25) is 0 Å². The predicted octanol–water partition coefficient (Wildman–Crippen LogP) is 1.17. The van der Waals surface area contributed by atoms with Crippen molar-refractivity contribution in [3.05, 3.63) is 41.7 Å². The van der Waals surface area contributed by atoms with Gasteiger partial charge in [0, 0.05) is 12.6 Å². The van der Waals surface area contributed by atoms with E-state index in [1.807, 2.05) is 4.90 Å². The van der Waals surface area contributed by atoms with Gasteiger partial charge in [0.2, 0.25) is 5.91 Å². The van der Waals surface area contributed by atoms with Crippen molar-refractivity contribution in [2.45, 2.75) is 38.9 Å². The molecule has 1 aliphatic carbocycles. The van der Waals surface area contributed by atoms with E-state index in [0.717, 1.165) is 18.4 Å². The Hall–Kier alpha value is -2.24. The summed E-state index contributed by atoms with van der Waals surface area (Å²) in [5.41, 5.74) is 2.39. The summed E-state index contributed by atoms with van der Waals surface area (Å²) in [7, 11) is 0. The summed E-state index contributed by atoms with van der Waals surface area (Å²) in [5.74, 6) is 0.0698. The molecular weight excluding hydrogens is 254 g/mol.